The van der Waals surface area contributed by atoms with Crippen molar-refractivity contribution < 1.29 is 94.3 Å². The Bertz CT molecular complexity index is 3100. The number of amides is 2. The summed E-state index contributed by atoms with van der Waals surface area (Å²) in [5.74, 6) is 2.36. The van der Waals surface area contributed by atoms with Crippen molar-refractivity contribution in [1.82, 2.24) is 29.7 Å². The molecule has 6 bridgehead atoms. The number of rotatable bonds is 4. The first-order valence-electron chi connectivity index (χ1n) is 31.9. The van der Waals surface area contributed by atoms with Gasteiger partial charge in [-0.05, 0) is 147 Å². The number of carbonyl (C=O) groups excluding carboxylic acids is 6. The van der Waals surface area contributed by atoms with Crippen molar-refractivity contribution in [3.05, 3.63) is 47.8 Å². The molecule has 5 saturated carbocycles. The maximum atomic E-state index is 14.1. The standard InChI is InChI=1S/2C34H44N3O6.2V/c1-19-28(18-38)37-17-29(19)42-32-26(35-25-12-11-22(41-5)15-27(25)36-32)10-8-6-7-9-23-20-13-21(14-20)31(23)43-30(39)16-24(33(37)40)34(2,3)4;1-19-28(18-38)37-17-30(19)43-32-26(35-25-12-11-21(41-5)15-27(25)36-32)10-8-6-7-9-22-23-13-20(23)14-29(22)42-31(39)16-24(33(37)40)34(2,3)4;;/h11-12,15,19-21,23-24,28-29,31H,6-10,13-14,16-17H2,1-5H3;11-12,15,19-20,22-24,28-30H,6-10,13-14,16-17H2,1-5H3;;/q2*-1;;/t19-,20?,21?,23+,24+,28+,29-,31+;19-,20-,22+,23-,24+,28+,29+,30-;;/m00../s1. The summed E-state index contributed by atoms with van der Waals surface area (Å²) in [6.07, 6.45) is 17.1. The predicted octanol–water partition coefficient (Wildman–Crippen LogP) is 10.2. The molecule has 2 saturated heterocycles. The van der Waals surface area contributed by atoms with Crippen LogP contribution in [0.2, 0.25) is 0 Å². The van der Waals surface area contributed by atoms with Crippen LogP contribution < -0.4 is 18.9 Å². The summed E-state index contributed by atoms with van der Waals surface area (Å²) < 4.78 is 36.2. The molecule has 2 radical (unpaired) electrons. The van der Waals surface area contributed by atoms with E-state index in [0.717, 1.165) is 93.1 Å². The second-order valence-electron chi connectivity index (χ2n) is 28.4. The molecule has 2 aromatic heterocycles. The van der Waals surface area contributed by atoms with Crippen LogP contribution in [-0.4, -0.2) is 130 Å². The topological polar surface area (TPSA) is 216 Å². The molecule has 0 N–H and O–H groups in total. The van der Waals surface area contributed by atoms with Crippen molar-refractivity contribution in [3.8, 4) is 23.3 Å². The van der Waals surface area contributed by atoms with Gasteiger partial charge in [-0.3, -0.25) is 19.2 Å². The molecular formula is C68H88N6O12V2-2. The first-order valence-corrected chi connectivity index (χ1v) is 31.9. The minimum Gasteiger partial charge on any atom is -0.540 e. The maximum Gasteiger partial charge on any atom is 0.306 e. The second-order valence-corrected chi connectivity index (χ2v) is 28.4. The van der Waals surface area contributed by atoms with Gasteiger partial charge in [0.25, 0.3) is 0 Å². The van der Waals surface area contributed by atoms with Gasteiger partial charge in [-0.2, -0.15) is 0 Å². The van der Waals surface area contributed by atoms with Crippen LogP contribution in [0.25, 0.3) is 22.1 Å². The molecule has 474 valence electrons. The van der Waals surface area contributed by atoms with Crippen LogP contribution in [0.15, 0.2) is 36.4 Å². The van der Waals surface area contributed by atoms with Gasteiger partial charge in [0.05, 0.1) is 74.1 Å². The summed E-state index contributed by atoms with van der Waals surface area (Å²) in [6.45, 7) is 16.0. The molecule has 6 heterocycles. The van der Waals surface area contributed by atoms with Gasteiger partial charge in [0.1, 0.15) is 47.3 Å². The monoisotopic (exact) mass is 1280 g/mol. The van der Waals surface area contributed by atoms with Crippen molar-refractivity contribution in [2.24, 2.45) is 70.0 Å². The van der Waals surface area contributed by atoms with Crippen molar-refractivity contribution >= 4 is 58.4 Å². The quantitative estimate of drug-likeness (QED) is 0.137. The molecule has 88 heavy (non-hydrogen) atoms. The molecule has 9 aliphatic rings. The molecule has 20 heteroatoms. The Balaban J connectivity index is 0.000000205. The number of ether oxygens (including phenoxy) is 6. The van der Waals surface area contributed by atoms with Crippen LogP contribution in [0.5, 0.6) is 23.3 Å². The van der Waals surface area contributed by atoms with Crippen LogP contribution in [0.1, 0.15) is 157 Å². The van der Waals surface area contributed by atoms with Crippen LogP contribution >= 0.6 is 0 Å². The van der Waals surface area contributed by atoms with Gasteiger partial charge in [-0.1, -0.05) is 93.2 Å². The van der Waals surface area contributed by atoms with Gasteiger partial charge < -0.3 is 47.8 Å². The third-order valence-electron chi connectivity index (χ3n) is 20.9. The number of nitrogens with zero attached hydrogens (tertiary/aromatic N) is 6. The van der Waals surface area contributed by atoms with Crippen molar-refractivity contribution in [2.75, 3.05) is 27.3 Å². The van der Waals surface area contributed by atoms with E-state index < -0.39 is 47.0 Å². The van der Waals surface area contributed by atoms with Crippen LogP contribution in [0, 0.1) is 70.0 Å². The number of fused-ring (bicyclic) bond motifs is 11. The molecule has 13 rings (SSSR count). The average Bonchev–Trinajstić information content (AvgIpc) is 3.27. The zero-order valence-corrected chi connectivity index (χ0v) is 55.7. The second kappa shape index (κ2) is 27.7. The molecule has 7 fully saturated rings. The largest absolute Gasteiger partial charge is 0.540 e. The summed E-state index contributed by atoms with van der Waals surface area (Å²) >= 11 is 0. The zero-order valence-electron chi connectivity index (χ0n) is 52.9. The van der Waals surface area contributed by atoms with E-state index in [4.69, 9.17) is 48.4 Å². The smallest absolute Gasteiger partial charge is 0.306 e. The maximum absolute atomic E-state index is 14.1. The van der Waals surface area contributed by atoms with Gasteiger partial charge in [0.15, 0.2) is 0 Å². The predicted molar refractivity (Wildman–Crippen MR) is 320 cm³/mol. The minimum atomic E-state index is -0.788. The van der Waals surface area contributed by atoms with Gasteiger partial charge in [-0.25, -0.2) is 32.5 Å². The van der Waals surface area contributed by atoms with Gasteiger partial charge in [0, 0.05) is 49.2 Å². The van der Waals surface area contributed by atoms with E-state index in [-0.39, 0.29) is 111 Å². The Morgan fingerprint density at radius 1 is 0.511 bits per heavy atom. The Morgan fingerprint density at radius 3 is 1.42 bits per heavy atom. The molecule has 14 atom stereocenters. The molecule has 5 aliphatic carbocycles. The van der Waals surface area contributed by atoms with E-state index in [1.807, 2.05) is 91.8 Å². The third-order valence-corrected chi connectivity index (χ3v) is 20.9. The van der Waals surface area contributed by atoms with E-state index in [2.05, 4.69) is 12.6 Å². The molecule has 4 aromatic rings. The van der Waals surface area contributed by atoms with E-state index in [1.54, 1.807) is 24.0 Å². The molecule has 2 amide bonds. The van der Waals surface area contributed by atoms with E-state index in [1.165, 1.54) is 6.42 Å². The molecule has 4 aliphatic heterocycles. The third kappa shape index (κ3) is 14.1. The first-order chi connectivity index (χ1) is 41.1. The number of methoxy groups -OCH3 is 2. The average molecular weight is 1280 g/mol. The van der Waals surface area contributed by atoms with Crippen LogP contribution in [0.4, 0.5) is 0 Å². The first kappa shape index (κ1) is 67.1. The Kier molecular flexibility index (Phi) is 21.1. The van der Waals surface area contributed by atoms with Crippen LogP contribution in [0.3, 0.4) is 0 Å². The summed E-state index contributed by atoms with van der Waals surface area (Å²) in [4.78, 5) is 102. The number of benzene rings is 2. The van der Waals surface area contributed by atoms with E-state index in [9.17, 15) is 28.8 Å². The van der Waals surface area contributed by atoms with E-state index in [0.29, 0.717) is 82.6 Å². The number of hydrogen-bond donors (Lipinski definition) is 0. The molecule has 2 aromatic carbocycles. The van der Waals surface area contributed by atoms with Gasteiger partial charge in [-0.15, -0.1) is 0 Å². The Morgan fingerprint density at radius 2 is 0.966 bits per heavy atom. The molecule has 0 spiro atoms. The van der Waals surface area contributed by atoms with Gasteiger partial charge >= 0.3 is 11.9 Å². The number of hydrogen-bond acceptors (Lipinski definition) is 16. The number of aryl methyl sites for hydroxylation is 2. The van der Waals surface area contributed by atoms with Crippen LogP contribution in [-0.2, 0) is 88.2 Å². The molecule has 0 unspecified atom stereocenters. The zero-order chi connectivity index (χ0) is 60.9. The van der Waals surface area contributed by atoms with Gasteiger partial charge in [0.2, 0.25) is 23.6 Å². The van der Waals surface area contributed by atoms with Crippen molar-refractivity contribution in [2.45, 2.75) is 195 Å². The SMILES string of the molecule is COc1ccc2nc3c(nc2c1)O[C@H]1CN(C(=O)[C@H](C(C)(C)C)CC(=O)O[C@@H]2C4CC(C4)[C@H]2CCCCC3)[C@H]([C-]=O)[C@@H]1C.COc1ccc2nc3c(nc2c1)O[C@H]1CN(C(=O)[C@H](C(C)(C)C)CC(=O)O[C@@H]2C[C@@H]4C[C@@H]4[C@H]2CCCCC3)[C@H]([C-]=O)[C@@H]1C.[V].[V]. The minimum absolute atomic E-state index is 0. The fourth-order valence-corrected chi connectivity index (χ4v) is 15.4. The number of carbonyl (C=O) groups is 4. The Hall–Kier alpha value is -5.29. The number of aromatic nitrogens is 4. The molecular weight excluding hydrogens is 1190 g/mol. The fourth-order valence-electron chi connectivity index (χ4n) is 15.4. The summed E-state index contributed by atoms with van der Waals surface area (Å²) in [5.41, 5.74) is 3.40. The van der Waals surface area contributed by atoms with Crippen molar-refractivity contribution in [1.29, 1.82) is 0 Å². The van der Waals surface area contributed by atoms with Crippen molar-refractivity contribution in [3.63, 3.8) is 0 Å². The summed E-state index contributed by atoms with van der Waals surface area (Å²) in [7, 11) is 3.23. The molecule has 18 nitrogen and oxygen atoms in total. The van der Waals surface area contributed by atoms with E-state index >= 15 is 0 Å². The summed E-state index contributed by atoms with van der Waals surface area (Å²) in [6, 6.07) is 9.66. The normalized spacial score (nSPS) is 32.6. The summed E-state index contributed by atoms with van der Waals surface area (Å²) in [5, 5.41) is 0. The fraction of sp³-hybridized carbons (Fsp3) is 0.676. The Labute approximate surface area is 542 Å². The number of esters is 2.